The van der Waals surface area contributed by atoms with E-state index in [-0.39, 0.29) is 29.7 Å². The van der Waals surface area contributed by atoms with Crippen LogP contribution in [0.1, 0.15) is 48.0 Å². The Morgan fingerprint density at radius 1 is 0.959 bits per heavy atom. The SMILES string of the molecule is COc1cc(C(=O)N[C@@H]2CCNC2)ccc1-c1ccc(CC(NC(=O)C2CCC(CN)CC2)C(=O)Nc2ccc(-c3nn[nH]n3)cc2)cc1. The first-order valence-electron chi connectivity index (χ1n) is 16.8. The van der Waals surface area contributed by atoms with Crippen molar-refractivity contribution >= 4 is 23.4 Å². The summed E-state index contributed by atoms with van der Waals surface area (Å²) in [5, 5.41) is 26.3. The van der Waals surface area contributed by atoms with Crippen molar-refractivity contribution in [3.63, 3.8) is 0 Å². The lowest BCUT2D eigenvalue weighted by Gasteiger charge is -2.28. The van der Waals surface area contributed by atoms with E-state index in [1.54, 1.807) is 43.5 Å². The van der Waals surface area contributed by atoms with Crippen molar-refractivity contribution in [3.8, 4) is 28.3 Å². The number of carbonyl (C=O) groups is 3. The highest BCUT2D eigenvalue weighted by Gasteiger charge is 2.29. The molecule has 1 unspecified atom stereocenters. The Bertz CT molecular complexity index is 1710. The van der Waals surface area contributed by atoms with E-state index >= 15 is 0 Å². The van der Waals surface area contributed by atoms with E-state index < -0.39 is 6.04 Å². The Balaban J connectivity index is 1.16. The lowest BCUT2D eigenvalue weighted by molar-refractivity contribution is -0.130. The van der Waals surface area contributed by atoms with Crippen molar-refractivity contribution in [2.75, 3.05) is 32.1 Å². The molecule has 49 heavy (non-hydrogen) atoms. The number of nitrogens with two attached hydrogens (primary N) is 1. The number of carbonyl (C=O) groups excluding carboxylic acids is 3. The van der Waals surface area contributed by atoms with Crippen LogP contribution in [0.15, 0.2) is 66.7 Å². The molecule has 2 heterocycles. The van der Waals surface area contributed by atoms with Crippen LogP contribution in [0.3, 0.4) is 0 Å². The van der Waals surface area contributed by atoms with Crippen LogP contribution in [0, 0.1) is 11.8 Å². The fraction of sp³-hybridized carbons (Fsp3) is 0.389. The Hall–Kier alpha value is -5.14. The molecular weight excluding hydrogens is 622 g/mol. The summed E-state index contributed by atoms with van der Waals surface area (Å²) in [6.45, 7) is 2.30. The number of hydrogen-bond donors (Lipinski definition) is 6. The van der Waals surface area contributed by atoms with Crippen LogP contribution in [0.25, 0.3) is 22.5 Å². The molecule has 2 aliphatic rings. The fourth-order valence-corrected chi connectivity index (χ4v) is 6.55. The average molecular weight is 666 g/mol. The van der Waals surface area contributed by atoms with Crippen LogP contribution in [-0.2, 0) is 16.0 Å². The number of aromatic amines is 1. The maximum absolute atomic E-state index is 13.7. The minimum atomic E-state index is -0.801. The number of methoxy groups -OCH3 is 1. The van der Waals surface area contributed by atoms with Crippen LogP contribution in [-0.4, -0.2) is 77.2 Å². The molecule has 4 aromatic rings. The molecule has 3 aromatic carbocycles. The summed E-state index contributed by atoms with van der Waals surface area (Å²) < 4.78 is 5.68. The monoisotopic (exact) mass is 665 g/mol. The van der Waals surface area contributed by atoms with Crippen LogP contribution < -0.4 is 31.7 Å². The second kappa shape index (κ2) is 15.8. The van der Waals surface area contributed by atoms with E-state index in [9.17, 15) is 14.4 Å². The van der Waals surface area contributed by atoms with Gasteiger partial charge in [0.2, 0.25) is 17.6 Å². The molecule has 1 saturated heterocycles. The largest absolute Gasteiger partial charge is 0.496 e. The van der Waals surface area contributed by atoms with E-state index in [0.29, 0.717) is 41.7 Å². The lowest BCUT2D eigenvalue weighted by atomic mass is 9.81. The molecule has 1 aliphatic carbocycles. The summed E-state index contributed by atoms with van der Waals surface area (Å²) in [6, 6.07) is 19.7. The van der Waals surface area contributed by atoms with E-state index in [2.05, 4.69) is 41.9 Å². The Labute approximate surface area is 285 Å². The Kier molecular flexibility index (Phi) is 10.9. The van der Waals surface area contributed by atoms with E-state index in [1.165, 1.54) is 0 Å². The molecule has 2 atom stereocenters. The zero-order valence-electron chi connectivity index (χ0n) is 27.6. The Morgan fingerprint density at radius 2 is 1.71 bits per heavy atom. The van der Waals surface area contributed by atoms with Gasteiger partial charge in [-0.15, -0.1) is 10.2 Å². The number of amides is 3. The standard InChI is InChI=1S/C36H43N9O4/c1-49-32-19-27(35(47)40-29-16-17-38-21-29)12-15-30(32)24-6-2-22(3-7-24)18-31(41-34(46)26-8-4-23(20-37)5-9-26)36(48)39-28-13-10-25(11-14-28)33-42-44-45-43-33/h2-3,6-7,10-15,19,23,26,29,31,38H,4-5,8-9,16-18,20-21,37H2,1H3,(H,39,48)(H,40,47)(H,41,46)(H,42,43,44,45)/t23?,26?,29-,31?/m1/s1. The molecule has 2 fully saturated rings. The third-order valence-electron chi connectivity index (χ3n) is 9.50. The highest BCUT2D eigenvalue weighted by atomic mass is 16.5. The number of nitrogens with zero attached hydrogens (tertiary/aromatic N) is 3. The van der Waals surface area contributed by atoms with Crippen molar-refractivity contribution < 1.29 is 19.1 Å². The number of H-pyrrole nitrogens is 1. The van der Waals surface area contributed by atoms with Gasteiger partial charge < -0.3 is 31.7 Å². The first kappa shape index (κ1) is 33.7. The molecule has 3 amide bonds. The molecule has 6 rings (SSSR count). The van der Waals surface area contributed by atoms with Gasteiger partial charge in [-0.05, 0) is 110 Å². The third-order valence-corrected chi connectivity index (χ3v) is 9.50. The minimum absolute atomic E-state index is 0.113. The molecule has 1 saturated carbocycles. The van der Waals surface area contributed by atoms with Crippen molar-refractivity contribution in [1.29, 1.82) is 0 Å². The predicted octanol–water partition coefficient (Wildman–Crippen LogP) is 3.07. The number of hydrogen-bond acceptors (Lipinski definition) is 9. The van der Waals surface area contributed by atoms with Gasteiger partial charge in [-0.2, -0.15) is 5.21 Å². The van der Waals surface area contributed by atoms with Crippen LogP contribution in [0.4, 0.5) is 5.69 Å². The number of aromatic nitrogens is 4. The smallest absolute Gasteiger partial charge is 0.251 e. The highest BCUT2D eigenvalue weighted by molar-refractivity contribution is 5.98. The summed E-state index contributed by atoms with van der Waals surface area (Å²) in [4.78, 5) is 39.9. The summed E-state index contributed by atoms with van der Waals surface area (Å²) >= 11 is 0. The number of nitrogens with one attached hydrogen (secondary N) is 5. The van der Waals surface area contributed by atoms with Gasteiger partial charge in [-0.25, -0.2) is 0 Å². The van der Waals surface area contributed by atoms with Gasteiger partial charge >= 0.3 is 0 Å². The van der Waals surface area contributed by atoms with Crippen molar-refractivity contribution in [2.45, 2.75) is 50.6 Å². The summed E-state index contributed by atoms with van der Waals surface area (Å²) in [6.07, 6.45) is 4.54. The summed E-state index contributed by atoms with van der Waals surface area (Å²) in [7, 11) is 1.59. The van der Waals surface area contributed by atoms with Gasteiger partial charge in [0.05, 0.1) is 7.11 Å². The zero-order chi connectivity index (χ0) is 34.2. The normalized spacial score (nSPS) is 19.5. The molecule has 0 spiro atoms. The zero-order valence-corrected chi connectivity index (χ0v) is 27.6. The van der Waals surface area contributed by atoms with E-state index in [4.69, 9.17) is 10.5 Å². The fourth-order valence-electron chi connectivity index (χ4n) is 6.55. The molecule has 1 aliphatic heterocycles. The quantitative estimate of drug-likeness (QED) is 0.132. The number of tetrazole rings is 1. The highest BCUT2D eigenvalue weighted by Crippen LogP contribution is 2.32. The van der Waals surface area contributed by atoms with E-state index in [1.807, 2.05) is 30.3 Å². The van der Waals surface area contributed by atoms with Crippen molar-refractivity contribution in [2.24, 2.45) is 17.6 Å². The molecular formula is C36H43N9O4. The topological polar surface area (TPSA) is 189 Å². The molecule has 0 radical (unpaired) electrons. The lowest BCUT2D eigenvalue weighted by Crippen LogP contribution is -2.48. The molecule has 256 valence electrons. The first-order chi connectivity index (χ1) is 23.9. The van der Waals surface area contributed by atoms with Gasteiger partial charge in [-0.3, -0.25) is 14.4 Å². The number of benzene rings is 3. The second-order valence-corrected chi connectivity index (χ2v) is 12.8. The Morgan fingerprint density at radius 3 is 2.37 bits per heavy atom. The van der Waals surface area contributed by atoms with Crippen LogP contribution in [0.2, 0.25) is 0 Å². The molecule has 0 bridgehead atoms. The van der Waals surface area contributed by atoms with Gasteiger partial charge in [0, 0.05) is 47.3 Å². The number of anilines is 1. The molecule has 7 N–H and O–H groups in total. The van der Waals surface area contributed by atoms with Gasteiger partial charge in [0.1, 0.15) is 11.8 Å². The van der Waals surface area contributed by atoms with Crippen molar-refractivity contribution in [1.82, 2.24) is 36.6 Å². The van der Waals surface area contributed by atoms with Gasteiger partial charge in [0.15, 0.2) is 0 Å². The number of rotatable bonds is 12. The summed E-state index contributed by atoms with van der Waals surface area (Å²) in [5.41, 5.74) is 10.3. The van der Waals surface area contributed by atoms with Crippen LogP contribution >= 0.6 is 0 Å². The van der Waals surface area contributed by atoms with E-state index in [0.717, 1.165) is 67.4 Å². The molecule has 13 heteroatoms. The van der Waals surface area contributed by atoms with Crippen molar-refractivity contribution in [3.05, 3.63) is 77.9 Å². The maximum Gasteiger partial charge on any atom is 0.251 e. The van der Waals surface area contributed by atoms with Crippen LogP contribution in [0.5, 0.6) is 5.75 Å². The number of ether oxygens (including phenoxy) is 1. The minimum Gasteiger partial charge on any atom is -0.496 e. The molecule has 13 nitrogen and oxygen atoms in total. The predicted molar refractivity (Wildman–Crippen MR) is 186 cm³/mol. The molecule has 1 aromatic heterocycles. The second-order valence-electron chi connectivity index (χ2n) is 12.8. The first-order valence-corrected chi connectivity index (χ1v) is 16.8. The van der Waals surface area contributed by atoms with Gasteiger partial charge in [-0.1, -0.05) is 24.3 Å². The third kappa shape index (κ3) is 8.48. The average Bonchev–Trinajstić information content (AvgIpc) is 3.87. The maximum atomic E-state index is 13.7. The summed E-state index contributed by atoms with van der Waals surface area (Å²) in [5.74, 6) is 0.773. The van der Waals surface area contributed by atoms with Gasteiger partial charge in [0.25, 0.3) is 5.91 Å².